The summed E-state index contributed by atoms with van der Waals surface area (Å²) in [5.41, 5.74) is 0.809. The molecule has 146 valence electrons. The predicted octanol–water partition coefficient (Wildman–Crippen LogP) is 4.95. The van der Waals surface area contributed by atoms with Gasteiger partial charge in [-0.3, -0.25) is 4.79 Å². The van der Waals surface area contributed by atoms with Crippen LogP contribution in [0.2, 0.25) is 5.02 Å². The van der Waals surface area contributed by atoms with E-state index in [2.05, 4.69) is 10.3 Å². The van der Waals surface area contributed by atoms with Crippen LogP contribution in [0.15, 0.2) is 53.1 Å². The maximum absolute atomic E-state index is 13.7. The Balaban J connectivity index is 1.51. The Morgan fingerprint density at radius 1 is 1.18 bits per heavy atom. The van der Waals surface area contributed by atoms with E-state index in [9.17, 15) is 13.6 Å². The molecule has 0 saturated carbocycles. The number of halogens is 3. The Morgan fingerprint density at radius 2 is 1.86 bits per heavy atom. The Bertz CT molecular complexity index is 937. The molecule has 4 nitrogen and oxygen atoms in total. The number of benzene rings is 2. The maximum Gasteiger partial charge on any atom is 0.220 e. The number of nitrogens with zero attached hydrogens (tertiary/aromatic N) is 1. The standard InChI is InChI=1S/C21H19ClF2N2O2/c1-13(11-16-17(23)3-2-4-18(16)24)26-20(27)9-10-21-25-12-19(28-21)14-5-7-15(22)8-6-14/h2-8,12-13H,9-11H2,1H3,(H,26,27). The first kappa shape index (κ1) is 20.0. The zero-order valence-corrected chi connectivity index (χ0v) is 16.0. The summed E-state index contributed by atoms with van der Waals surface area (Å²) >= 11 is 5.87. The topological polar surface area (TPSA) is 55.1 Å². The van der Waals surface area contributed by atoms with Crippen LogP contribution >= 0.6 is 11.6 Å². The van der Waals surface area contributed by atoms with Gasteiger partial charge in [-0.05, 0) is 49.7 Å². The molecule has 0 saturated heterocycles. The minimum absolute atomic E-state index is 0.0318. The van der Waals surface area contributed by atoms with Crippen molar-refractivity contribution < 1.29 is 18.0 Å². The summed E-state index contributed by atoms with van der Waals surface area (Å²) in [5.74, 6) is -0.440. The molecule has 2 aromatic carbocycles. The quantitative estimate of drug-likeness (QED) is 0.606. The van der Waals surface area contributed by atoms with Gasteiger partial charge in [0.05, 0.1) is 6.20 Å². The van der Waals surface area contributed by atoms with Crippen molar-refractivity contribution in [2.24, 2.45) is 0 Å². The SMILES string of the molecule is CC(Cc1c(F)cccc1F)NC(=O)CCc1ncc(-c2ccc(Cl)cc2)o1. The molecular formula is C21H19ClF2N2O2. The molecule has 1 amide bonds. The summed E-state index contributed by atoms with van der Waals surface area (Å²) in [7, 11) is 0. The highest BCUT2D eigenvalue weighted by Crippen LogP contribution is 2.22. The van der Waals surface area contributed by atoms with Crippen LogP contribution < -0.4 is 5.32 Å². The minimum atomic E-state index is -0.615. The van der Waals surface area contributed by atoms with E-state index < -0.39 is 17.7 Å². The van der Waals surface area contributed by atoms with Crippen molar-refractivity contribution in [1.29, 1.82) is 0 Å². The van der Waals surface area contributed by atoms with Gasteiger partial charge >= 0.3 is 0 Å². The molecule has 0 bridgehead atoms. The second kappa shape index (κ2) is 8.97. The fourth-order valence-electron chi connectivity index (χ4n) is 2.83. The molecular weight excluding hydrogens is 386 g/mol. The van der Waals surface area contributed by atoms with Gasteiger partial charge in [0, 0.05) is 35.0 Å². The molecule has 1 atom stereocenters. The van der Waals surface area contributed by atoms with E-state index in [4.69, 9.17) is 16.0 Å². The number of hydrogen-bond acceptors (Lipinski definition) is 3. The van der Waals surface area contributed by atoms with Gasteiger partial charge in [-0.1, -0.05) is 17.7 Å². The number of aryl methyl sites for hydroxylation is 1. The molecule has 0 fully saturated rings. The highest BCUT2D eigenvalue weighted by atomic mass is 35.5. The van der Waals surface area contributed by atoms with Crippen molar-refractivity contribution in [3.05, 3.63) is 76.8 Å². The Kier molecular flexibility index (Phi) is 6.41. The molecule has 1 heterocycles. The third kappa shape index (κ3) is 5.16. The largest absolute Gasteiger partial charge is 0.441 e. The lowest BCUT2D eigenvalue weighted by Gasteiger charge is -2.14. The molecule has 0 aliphatic rings. The fraction of sp³-hybridized carbons (Fsp3) is 0.238. The van der Waals surface area contributed by atoms with Gasteiger partial charge in [-0.15, -0.1) is 0 Å². The van der Waals surface area contributed by atoms with E-state index in [0.717, 1.165) is 5.56 Å². The van der Waals surface area contributed by atoms with E-state index in [0.29, 0.717) is 23.1 Å². The molecule has 0 radical (unpaired) electrons. The van der Waals surface area contributed by atoms with E-state index in [1.807, 2.05) is 12.1 Å². The smallest absolute Gasteiger partial charge is 0.220 e. The number of oxazole rings is 1. The predicted molar refractivity (Wildman–Crippen MR) is 103 cm³/mol. The molecule has 0 aliphatic carbocycles. The lowest BCUT2D eigenvalue weighted by atomic mass is 10.1. The fourth-order valence-corrected chi connectivity index (χ4v) is 2.95. The highest BCUT2D eigenvalue weighted by Gasteiger charge is 2.15. The lowest BCUT2D eigenvalue weighted by Crippen LogP contribution is -2.34. The average Bonchev–Trinajstić information content (AvgIpc) is 3.13. The third-order valence-corrected chi connectivity index (χ3v) is 4.48. The van der Waals surface area contributed by atoms with Gasteiger partial charge < -0.3 is 9.73 Å². The summed E-state index contributed by atoms with van der Waals surface area (Å²) < 4.78 is 33.1. The van der Waals surface area contributed by atoms with E-state index >= 15 is 0 Å². The minimum Gasteiger partial charge on any atom is -0.441 e. The van der Waals surface area contributed by atoms with Crippen LogP contribution in [0.4, 0.5) is 8.78 Å². The number of hydrogen-bond donors (Lipinski definition) is 1. The molecule has 7 heteroatoms. The first-order chi connectivity index (χ1) is 13.4. The molecule has 1 unspecified atom stereocenters. The summed E-state index contributed by atoms with van der Waals surface area (Å²) in [6, 6.07) is 10.5. The van der Waals surface area contributed by atoms with E-state index in [1.54, 1.807) is 25.3 Å². The number of carbonyl (C=O) groups excluding carboxylic acids is 1. The molecule has 0 spiro atoms. The van der Waals surface area contributed by atoms with Crippen LogP contribution in [0.3, 0.4) is 0 Å². The number of nitrogens with one attached hydrogen (secondary N) is 1. The van der Waals surface area contributed by atoms with Gasteiger partial charge in [0.1, 0.15) is 11.6 Å². The van der Waals surface area contributed by atoms with Crippen molar-refractivity contribution in [3.63, 3.8) is 0 Å². The van der Waals surface area contributed by atoms with Crippen molar-refractivity contribution in [3.8, 4) is 11.3 Å². The molecule has 1 N–H and O–H groups in total. The second-order valence-corrected chi connectivity index (χ2v) is 6.93. The maximum atomic E-state index is 13.7. The lowest BCUT2D eigenvalue weighted by molar-refractivity contribution is -0.121. The molecule has 0 aliphatic heterocycles. The Morgan fingerprint density at radius 3 is 2.54 bits per heavy atom. The van der Waals surface area contributed by atoms with E-state index in [1.165, 1.54) is 18.2 Å². The van der Waals surface area contributed by atoms with Crippen molar-refractivity contribution in [2.45, 2.75) is 32.2 Å². The number of aromatic nitrogens is 1. The Labute approximate surface area is 166 Å². The molecule has 3 aromatic rings. The van der Waals surface area contributed by atoms with E-state index in [-0.39, 0.29) is 24.3 Å². The van der Waals surface area contributed by atoms with Crippen LogP contribution in [-0.4, -0.2) is 16.9 Å². The van der Waals surface area contributed by atoms with Crippen LogP contribution in [0.1, 0.15) is 24.8 Å². The van der Waals surface area contributed by atoms with Crippen LogP contribution in [0.25, 0.3) is 11.3 Å². The van der Waals surface area contributed by atoms with Crippen molar-refractivity contribution in [1.82, 2.24) is 10.3 Å². The van der Waals surface area contributed by atoms with Crippen molar-refractivity contribution in [2.75, 3.05) is 0 Å². The summed E-state index contributed by atoms with van der Waals surface area (Å²) in [4.78, 5) is 16.3. The highest BCUT2D eigenvalue weighted by molar-refractivity contribution is 6.30. The Hall–Kier alpha value is -2.73. The van der Waals surface area contributed by atoms with Crippen LogP contribution in [0, 0.1) is 11.6 Å². The normalized spacial score (nSPS) is 12.0. The van der Waals surface area contributed by atoms with Gasteiger partial charge in [0.15, 0.2) is 11.7 Å². The molecule has 28 heavy (non-hydrogen) atoms. The molecule has 3 rings (SSSR count). The summed E-state index contributed by atoms with van der Waals surface area (Å²) in [6.45, 7) is 1.70. The van der Waals surface area contributed by atoms with Crippen molar-refractivity contribution >= 4 is 17.5 Å². The van der Waals surface area contributed by atoms with Crippen LogP contribution in [0.5, 0.6) is 0 Å². The van der Waals surface area contributed by atoms with Gasteiger partial charge in [0.25, 0.3) is 0 Å². The van der Waals surface area contributed by atoms with Gasteiger partial charge in [0.2, 0.25) is 5.91 Å². The summed E-state index contributed by atoms with van der Waals surface area (Å²) in [6.07, 6.45) is 2.15. The second-order valence-electron chi connectivity index (χ2n) is 6.50. The third-order valence-electron chi connectivity index (χ3n) is 4.23. The molecule has 1 aromatic heterocycles. The zero-order chi connectivity index (χ0) is 20.1. The average molecular weight is 405 g/mol. The zero-order valence-electron chi connectivity index (χ0n) is 15.2. The van der Waals surface area contributed by atoms with Gasteiger partial charge in [-0.25, -0.2) is 13.8 Å². The first-order valence-corrected chi connectivity index (χ1v) is 9.23. The first-order valence-electron chi connectivity index (χ1n) is 8.85. The number of carbonyl (C=O) groups is 1. The summed E-state index contributed by atoms with van der Waals surface area (Å²) in [5, 5.41) is 3.37. The monoisotopic (exact) mass is 404 g/mol. The van der Waals surface area contributed by atoms with Gasteiger partial charge in [-0.2, -0.15) is 0 Å². The number of rotatable bonds is 7. The number of amides is 1. The van der Waals surface area contributed by atoms with Crippen LogP contribution in [-0.2, 0) is 17.6 Å².